The second-order valence-electron chi connectivity index (χ2n) is 3.14. The SMILES string of the molecule is COC(=O)C[C@H](O)c1ccc([N+](=O)[O-])cc1. The van der Waals surface area contributed by atoms with Crippen LogP contribution in [0, 0.1) is 10.1 Å². The number of carbonyl (C=O) groups is 1. The van der Waals surface area contributed by atoms with Gasteiger partial charge in [0.25, 0.3) is 5.69 Å². The molecule has 0 bridgehead atoms. The summed E-state index contributed by atoms with van der Waals surface area (Å²) >= 11 is 0. The number of hydrogen-bond donors (Lipinski definition) is 1. The number of aliphatic hydroxyl groups excluding tert-OH is 1. The van der Waals surface area contributed by atoms with Crippen molar-refractivity contribution in [3.05, 3.63) is 39.9 Å². The maximum absolute atomic E-state index is 10.9. The Hall–Kier alpha value is -1.95. The van der Waals surface area contributed by atoms with Crippen molar-refractivity contribution in [3.63, 3.8) is 0 Å². The fourth-order valence-corrected chi connectivity index (χ4v) is 1.18. The minimum absolute atomic E-state index is 0.0611. The quantitative estimate of drug-likeness (QED) is 0.472. The highest BCUT2D eigenvalue weighted by molar-refractivity contribution is 5.70. The summed E-state index contributed by atoms with van der Waals surface area (Å²) in [5.74, 6) is -0.536. The smallest absolute Gasteiger partial charge is 0.308 e. The zero-order valence-corrected chi connectivity index (χ0v) is 8.62. The molecule has 0 saturated heterocycles. The second-order valence-corrected chi connectivity index (χ2v) is 3.14. The molecule has 0 aromatic heterocycles. The number of nitrogens with zero attached hydrogens (tertiary/aromatic N) is 1. The van der Waals surface area contributed by atoms with Crippen LogP contribution in [0.2, 0.25) is 0 Å². The molecule has 0 fully saturated rings. The minimum Gasteiger partial charge on any atom is -0.469 e. The van der Waals surface area contributed by atoms with Gasteiger partial charge in [-0.1, -0.05) is 0 Å². The molecule has 0 aliphatic carbocycles. The molecule has 1 N–H and O–H groups in total. The van der Waals surface area contributed by atoms with E-state index < -0.39 is 17.0 Å². The maximum Gasteiger partial charge on any atom is 0.308 e. The summed E-state index contributed by atoms with van der Waals surface area (Å²) in [5, 5.41) is 20.0. The van der Waals surface area contributed by atoms with Crippen LogP contribution in [0.5, 0.6) is 0 Å². The molecule has 0 saturated carbocycles. The number of rotatable bonds is 4. The van der Waals surface area contributed by atoms with E-state index >= 15 is 0 Å². The molecule has 1 atom stereocenters. The Morgan fingerprint density at radius 2 is 2.06 bits per heavy atom. The summed E-state index contributed by atoms with van der Waals surface area (Å²) < 4.78 is 4.40. The van der Waals surface area contributed by atoms with Gasteiger partial charge < -0.3 is 9.84 Å². The Balaban J connectivity index is 2.73. The number of nitro groups is 1. The van der Waals surface area contributed by atoms with Gasteiger partial charge >= 0.3 is 5.97 Å². The van der Waals surface area contributed by atoms with E-state index in [0.29, 0.717) is 5.56 Å². The monoisotopic (exact) mass is 225 g/mol. The average Bonchev–Trinajstić information content (AvgIpc) is 2.28. The normalized spacial score (nSPS) is 11.9. The summed E-state index contributed by atoms with van der Waals surface area (Å²) in [6, 6.07) is 5.36. The van der Waals surface area contributed by atoms with Crippen LogP contribution in [0.15, 0.2) is 24.3 Å². The first-order chi connectivity index (χ1) is 7.54. The fraction of sp³-hybridized carbons (Fsp3) is 0.300. The largest absolute Gasteiger partial charge is 0.469 e. The van der Waals surface area contributed by atoms with Gasteiger partial charge in [-0.15, -0.1) is 0 Å². The van der Waals surface area contributed by atoms with E-state index in [-0.39, 0.29) is 12.1 Å². The van der Waals surface area contributed by atoms with Crippen molar-refractivity contribution in [2.24, 2.45) is 0 Å². The Bertz CT molecular complexity index is 387. The molecule has 0 aliphatic rings. The molecule has 0 amide bonds. The van der Waals surface area contributed by atoms with Crippen molar-refractivity contribution in [2.75, 3.05) is 7.11 Å². The Morgan fingerprint density at radius 3 is 2.50 bits per heavy atom. The summed E-state index contributed by atoms with van der Waals surface area (Å²) in [5.41, 5.74) is 0.380. The van der Waals surface area contributed by atoms with Gasteiger partial charge in [0, 0.05) is 12.1 Å². The Kier molecular flexibility index (Phi) is 3.96. The van der Waals surface area contributed by atoms with Crippen LogP contribution in [-0.2, 0) is 9.53 Å². The van der Waals surface area contributed by atoms with Crippen LogP contribution in [0.1, 0.15) is 18.1 Å². The third-order valence-corrected chi connectivity index (χ3v) is 2.08. The van der Waals surface area contributed by atoms with Crippen LogP contribution < -0.4 is 0 Å². The number of aliphatic hydroxyl groups is 1. The van der Waals surface area contributed by atoms with Crippen molar-refractivity contribution >= 4 is 11.7 Å². The van der Waals surface area contributed by atoms with Gasteiger partial charge in [-0.05, 0) is 17.7 Å². The molecule has 1 aromatic carbocycles. The van der Waals surface area contributed by atoms with Gasteiger partial charge in [0.1, 0.15) is 0 Å². The number of methoxy groups -OCH3 is 1. The van der Waals surface area contributed by atoms with Gasteiger partial charge in [-0.3, -0.25) is 14.9 Å². The Labute approximate surface area is 91.6 Å². The summed E-state index contributed by atoms with van der Waals surface area (Å²) in [4.78, 5) is 20.7. The van der Waals surface area contributed by atoms with Crippen LogP contribution >= 0.6 is 0 Å². The third kappa shape index (κ3) is 3.03. The van der Waals surface area contributed by atoms with Crippen molar-refractivity contribution in [2.45, 2.75) is 12.5 Å². The number of ether oxygens (including phenoxy) is 1. The van der Waals surface area contributed by atoms with E-state index in [2.05, 4.69) is 4.74 Å². The topological polar surface area (TPSA) is 89.7 Å². The van der Waals surface area contributed by atoms with E-state index in [4.69, 9.17) is 0 Å². The van der Waals surface area contributed by atoms with E-state index in [0.717, 1.165) is 0 Å². The van der Waals surface area contributed by atoms with Crippen molar-refractivity contribution in [1.82, 2.24) is 0 Å². The first kappa shape index (κ1) is 12.1. The molecule has 1 aromatic rings. The van der Waals surface area contributed by atoms with E-state index in [1.807, 2.05) is 0 Å². The molecule has 16 heavy (non-hydrogen) atoms. The molecule has 1 rings (SSSR count). The fourth-order valence-electron chi connectivity index (χ4n) is 1.18. The van der Waals surface area contributed by atoms with E-state index in [1.165, 1.54) is 31.4 Å². The molecular formula is C10H11NO5. The van der Waals surface area contributed by atoms with Crippen LogP contribution in [0.4, 0.5) is 5.69 Å². The summed E-state index contributed by atoms with van der Waals surface area (Å²) in [6.07, 6.45) is -1.18. The summed E-state index contributed by atoms with van der Waals surface area (Å²) in [6.45, 7) is 0. The molecule has 0 radical (unpaired) electrons. The number of benzene rings is 1. The molecule has 86 valence electrons. The maximum atomic E-state index is 10.9. The highest BCUT2D eigenvalue weighted by atomic mass is 16.6. The number of nitro benzene ring substituents is 1. The lowest BCUT2D eigenvalue weighted by Gasteiger charge is -2.08. The molecule has 0 aliphatic heterocycles. The van der Waals surface area contributed by atoms with Gasteiger partial charge in [-0.25, -0.2) is 0 Å². The standard InChI is InChI=1S/C10H11NO5/c1-16-10(13)6-9(12)7-2-4-8(5-3-7)11(14)15/h2-5,9,12H,6H2,1H3/t9-/m0/s1. The average molecular weight is 225 g/mol. The van der Waals surface area contributed by atoms with Crippen molar-refractivity contribution in [1.29, 1.82) is 0 Å². The number of non-ortho nitro benzene ring substituents is 1. The number of esters is 1. The van der Waals surface area contributed by atoms with E-state index in [1.54, 1.807) is 0 Å². The van der Waals surface area contributed by atoms with Crippen molar-refractivity contribution < 1.29 is 19.6 Å². The van der Waals surface area contributed by atoms with Crippen molar-refractivity contribution in [3.8, 4) is 0 Å². The molecule has 0 spiro atoms. The van der Waals surface area contributed by atoms with Gasteiger partial charge in [-0.2, -0.15) is 0 Å². The molecular weight excluding hydrogens is 214 g/mol. The first-order valence-corrected chi connectivity index (χ1v) is 4.54. The van der Waals surface area contributed by atoms with Crippen LogP contribution in [0.25, 0.3) is 0 Å². The highest BCUT2D eigenvalue weighted by Crippen LogP contribution is 2.20. The number of carbonyl (C=O) groups excluding carboxylic acids is 1. The highest BCUT2D eigenvalue weighted by Gasteiger charge is 2.14. The zero-order chi connectivity index (χ0) is 12.1. The minimum atomic E-state index is -1.01. The van der Waals surface area contributed by atoms with Crippen LogP contribution in [0.3, 0.4) is 0 Å². The van der Waals surface area contributed by atoms with Gasteiger partial charge in [0.05, 0.1) is 24.6 Å². The molecule has 6 heteroatoms. The Morgan fingerprint density at radius 1 is 1.50 bits per heavy atom. The number of hydrogen-bond acceptors (Lipinski definition) is 5. The lowest BCUT2D eigenvalue weighted by Crippen LogP contribution is -2.07. The lowest BCUT2D eigenvalue weighted by atomic mass is 10.1. The molecule has 0 unspecified atom stereocenters. The predicted octanol–water partition coefficient (Wildman–Crippen LogP) is 1.19. The third-order valence-electron chi connectivity index (χ3n) is 2.08. The predicted molar refractivity (Wildman–Crippen MR) is 54.7 cm³/mol. The van der Waals surface area contributed by atoms with Gasteiger partial charge in [0.2, 0.25) is 0 Å². The van der Waals surface area contributed by atoms with Gasteiger partial charge in [0.15, 0.2) is 0 Å². The van der Waals surface area contributed by atoms with E-state index in [9.17, 15) is 20.0 Å². The summed E-state index contributed by atoms with van der Waals surface area (Å²) in [7, 11) is 1.23. The second kappa shape index (κ2) is 5.22. The lowest BCUT2D eigenvalue weighted by molar-refractivity contribution is -0.384. The van der Waals surface area contributed by atoms with Crippen LogP contribution in [-0.4, -0.2) is 23.1 Å². The molecule has 6 nitrogen and oxygen atoms in total. The first-order valence-electron chi connectivity index (χ1n) is 4.54. The molecule has 0 heterocycles. The zero-order valence-electron chi connectivity index (χ0n) is 8.62.